The van der Waals surface area contributed by atoms with Crippen molar-refractivity contribution in [1.82, 2.24) is 4.98 Å². The average molecular weight is 301 g/mol. The number of halogens is 2. The van der Waals surface area contributed by atoms with Crippen molar-refractivity contribution in [3.05, 3.63) is 46.0 Å². The van der Waals surface area contributed by atoms with E-state index >= 15 is 0 Å². The normalized spacial score (nSPS) is 10.1. The van der Waals surface area contributed by atoms with Gasteiger partial charge in [0.1, 0.15) is 16.5 Å². The van der Waals surface area contributed by atoms with Gasteiger partial charge in [-0.3, -0.25) is 0 Å². The predicted octanol–water partition coefficient (Wildman–Crippen LogP) is 4.00. The molecule has 0 unspecified atom stereocenters. The van der Waals surface area contributed by atoms with E-state index in [0.717, 1.165) is 4.47 Å². The summed E-state index contributed by atoms with van der Waals surface area (Å²) in [6.07, 6.45) is 1.60. The van der Waals surface area contributed by atoms with Gasteiger partial charge in [-0.15, -0.1) is 0 Å². The Bertz CT molecular complexity index is 502. The van der Waals surface area contributed by atoms with Crippen LogP contribution in [0, 0.1) is 0 Å². The molecule has 0 spiro atoms. The van der Waals surface area contributed by atoms with Crippen molar-refractivity contribution in [2.75, 3.05) is 0 Å². The van der Waals surface area contributed by atoms with Gasteiger partial charge in [0, 0.05) is 10.7 Å². The topological polar surface area (TPSA) is 42.4 Å². The molecule has 0 fully saturated rings. The van der Waals surface area contributed by atoms with Gasteiger partial charge in [0.05, 0.1) is 0 Å². The van der Waals surface area contributed by atoms with E-state index in [0.29, 0.717) is 16.7 Å². The zero-order valence-corrected chi connectivity index (χ0v) is 10.4. The number of phenols is 1. The van der Waals surface area contributed by atoms with Gasteiger partial charge in [-0.2, -0.15) is 0 Å². The molecule has 0 aliphatic rings. The Hall–Kier alpha value is -1.26. The summed E-state index contributed by atoms with van der Waals surface area (Å²) in [5.41, 5.74) is 0. The van der Waals surface area contributed by atoms with E-state index in [1.54, 1.807) is 24.4 Å². The fourth-order valence-electron chi connectivity index (χ4n) is 1.10. The van der Waals surface area contributed by atoms with E-state index in [1.807, 2.05) is 0 Å². The molecule has 2 aromatic rings. The summed E-state index contributed by atoms with van der Waals surface area (Å²) in [7, 11) is 0. The molecule has 3 nitrogen and oxygen atoms in total. The van der Waals surface area contributed by atoms with Crippen LogP contribution in [0.5, 0.6) is 17.4 Å². The number of benzene rings is 1. The largest absolute Gasteiger partial charge is 0.508 e. The third kappa shape index (κ3) is 2.65. The third-order valence-electron chi connectivity index (χ3n) is 1.83. The van der Waals surface area contributed by atoms with Crippen LogP contribution in [0.3, 0.4) is 0 Å². The molecule has 1 aromatic heterocycles. The monoisotopic (exact) mass is 299 g/mol. The molecule has 0 amide bonds. The maximum atomic E-state index is 9.11. The first-order valence-electron chi connectivity index (χ1n) is 4.43. The summed E-state index contributed by atoms with van der Waals surface area (Å²) >= 11 is 9.20. The van der Waals surface area contributed by atoms with Crippen LogP contribution < -0.4 is 4.74 Å². The van der Waals surface area contributed by atoms with Crippen molar-refractivity contribution in [3.8, 4) is 17.4 Å². The number of pyridine rings is 1. The highest BCUT2D eigenvalue weighted by Crippen LogP contribution is 2.29. The highest BCUT2D eigenvalue weighted by atomic mass is 79.9. The van der Waals surface area contributed by atoms with Gasteiger partial charge in [-0.25, -0.2) is 4.98 Å². The quantitative estimate of drug-likeness (QED) is 0.911. The standard InChI is InChI=1S/C11H7BrClNO2/c12-7-5-10(13)11(14-6-7)16-9-3-1-8(15)2-4-9/h1-6,15H. The van der Waals surface area contributed by atoms with Crippen LogP contribution in [0.25, 0.3) is 0 Å². The van der Waals surface area contributed by atoms with Gasteiger partial charge < -0.3 is 9.84 Å². The smallest absolute Gasteiger partial charge is 0.238 e. The molecule has 1 aromatic carbocycles. The van der Waals surface area contributed by atoms with Crippen LogP contribution in [0.4, 0.5) is 0 Å². The minimum atomic E-state index is 0.183. The lowest BCUT2D eigenvalue weighted by atomic mass is 10.3. The van der Waals surface area contributed by atoms with Gasteiger partial charge in [-0.05, 0) is 46.3 Å². The van der Waals surface area contributed by atoms with E-state index in [4.69, 9.17) is 21.4 Å². The first kappa shape index (κ1) is 11.2. The van der Waals surface area contributed by atoms with Crippen LogP contribution in [0.1, 0.15) is 0 Å². The van der Waals surface area contributed by atoms with Crippen molar-refractivity contribution in [2.45, 2.75) is 0 Å². The molecule has 0 aliphatic carbocycles. The Balaban J connectivity index is 2.23. The summed E-state index contributed by atoms with van der Waals surface area (Å²) in [5, 5.41) is 9.53. The first-order valence-corrected chi connectivity index (χ1v) is 5.60. The molecule has 5 heteroatoms. The van der Waals surface area contributed by atoms with Crippen LogP contribution in [0.2, 0.25) is 5.02 Å². The average Bonchev–Trinajstić information content (AvgIpc) is 2.25. The van der Waals surface area contributed by atoms with Crippen molar-refractivity contribution in [1.29, 1.82) is 0 Å². The van der Waals surface area contributed by atoms with E-state index in [1.165, 1.54) is 12.1 Å². The fourth-order valence-corrected chi connectivity index (χ4v) is 1.77. The van der Waals surface area contributed by atoms with Gasteiger partial charge >= 0.3 is 0 Å². The SMILES string of the molecule is Oc1ccc(Oc2ncc(Br)cc2Cl)cc1. The van der Waals surface area contributed by atoms with Crippen LogP contribution in [-0.4, -0.2) is 10.1 Å². The maximum Gasteiger partial charge on any atom is 0.238 e. The second kappa shape index (κ2) is 4.72. The molecule has 0 atom stereocenters. The molecule has 1 N–H and O–H groups in total. The van der Waals surface area contributed by atoms with Gasteiger partial charge in [-0.1, -0.05) is 11.6 Å². The molecule has 0 saturated heterocycles. The molecular formula is C11H7BrClNO2. The third-order valence-corrected chi connectivity index (χ3v) is 2.53. The van der Waals surface area contributed by atoms with Crippen molar-refractivity contribution in [3.63, 3.8) is 0 Å². The summed E-state index contributed by atoms with van der Waals surface area (Å²) < 4.78 is 6.23. The molecule has 82 valence electrons. The maximum absolute atomic E-state index is 9.11. The van der Waals surface area contributed by atoms with Crippen LogP contribution >= 0.6 is 27.5 Å². The number of aromatic hydroxyl groups is 1. The fraction of sp³-hybridized carbons (Fsp3) is 0. The molecule has 2 rings (SSSR count). The van der Waals surface area contributed by atoms with Crippen LogP contribution in [0.15, 0.2) is 41.0 Å². The summed E-state index contributed by atoms with van der Waals surface area (Å²) in [4.78, 5) is 4.03. The molecule has 0 bridgehead atoms. The Morgan fingerprint density at radius 1 is 1.25 bits per heavy atom. The van der Waals surface area contributed by atoms with Gasteiger partial charge in [0.15, 0.2) is 0 Å². The van der Waals surface area contributed by atoms with E-state index in [9.17, 15) is 0 Å². The number of nitrogens with zero attached hydrogens (tertiary/aromatic N) is 1. The second-order valence-electron chi connectivity index (χ2n) is 3.04. The lowest BCUT2D eigenvalue weighted by Crippen LogP contribution is -1.88. The molecule has 16 heavy (non-hydrogen) atoms. The second-order valence-corrected chi connectivity index (χ2v) is 4.36. The van der Waals surface area contributed by atoms with E-state index in [2.05, 4.69) is 20.9 Å². The molecule has 0 saturated carbocycles. The molecule has 1 heterocycles. The molecule has 0 aliphatic heterocycles. The van der Waals surface area contributed by atoms with Gasteiger partial charge in [0.2, 0.25) is 5.88 Å². The summed E-state index contributed by atoms with van der Waals surface area (Å²) in [5.74, 6) is 1.08. The minimum absolute atomic E-state index is 0.183. The zero-order chi connectivity index (χ0) is 11.5. The number of aromatic nitrogens is 1. The number of hydrogen-bond donors (Lipinski definition) is 1. The Kier molecular flexibility index (Phi) is 3.31. The first-order chi connectivity index (χ1) is 7.65. The minimum Gasteiger partial charge on any atom is -0.508 e. The Morgan fingerprint density at radius 2 is 1.94 bits per heavy atom. The van der Waals surface area contributed by atoms with E-state index in [-0.39, 0.29) is 5.75 Å². The van der Waals surface area contributed by atoms with Crippen molar-refractivity contribution < 1.29 is 9.84 Å². The predicted molar refractivity (Wildman–Crippen MR) is 65.1 cm³/mol. The Labute approximate surface area is 106 Å². The highest BCUT2D eigenvalue weighted by molar-refractivity contribution is 9.10. The Morgan fingerprint density at radius 3 is 2.56 bits per heavy atom. The number of phenolic OH excluding ortho intramolecular Hbond substituents is 1. The zero-order valence-electron chi connectivity index (χ0n) is 8.02. The van der Waals surface area contributed by atoms with E-state index < -0.39 is 0 Å². The number of ether oxygens (including phenoxy) is 1. The molecule has 0 radical (unpaired) electrons. The number of hydrogen-bond acceptors (Lipinski definition) is 3. The lowest BCUT2D eigenvalue weighted by molar-refractivity contribution is 0.454. The van der Waals surface area contributed by atoms with Crippen LogP contribution in [-0.2, 0) is 0 Å². The number of rotatable bonds is 2. The highest BCUT2D eigenvalue weighted by Gasteiger charge is 2.05. The van der Waals surface area contributed by atoms with Gasteiger partial charge in [0.25, 0.3) is 0 Å². The molecular weight excluding hydrogens is 293 g/mol. The summed E-state index contributed by atoms with van der Waals surface area (Å²) in [6, 6.07) is 8.03. The van der Waals surface area contributed by atoms with Crippen molar-refractivity contribution in [2.24, 2.45) is 0 Å². The summed E-state index contributed by atoms with van der Waals surface area (Å²) in [6.45, 7) is 0. The van der Waals surface area contributed by atoms with Crippen molar-refractivity contribution >= 4 is 27.5 Å². The lowest BCUT2D eigenvalue weighted by Gasteiger charge is -2.06.